The van der Waals surface area contributed by atoms with E-state index < -0.39 is 17.8 Å². The molecule has 1 aromatic carbocycles. The number of rotatable bonds is 1. The van der Waals surface area contributed by atoms with Gasteiger partial charge in [-0.3, -0.25) is 4.79 Å². The molecule has 2 heterocycles. The summed E-state index contributed by atoms with van der Waals surface area (Å²) in [4.78, 5) is 12.8. The summed E-state index contributed by atoms with van der Waals surface area (Å²) in [7, 11) is 1.94. The molecule has 4 rings (SSSR count). The van der Waals surface area contributed by atoms with Crippen LogP contribution in [-0.4, -0.2) is 10.4 Å². The Kier molecular flexibility index (Phi) is 3.45. The van der Waals surface area contributed by atoms with E-state index in [4.69, 9.17) is 0 Å². The molecule has 1 atom stereocenters. The van der Waals surface area contributed by atoms with Crippen LogP contribution in [0.1, 0.15) is 33.9 Å². The largest absolute Gasteiger partial charge is 0.416 e. The molecule has 0 radical (unpaired) electrons. The number of carbonyl (C=O) groups excluding carboxylic acids is 1. The zero-order chi connectivity index (χ0) is 17.8. The zero-order valence-corrected chi connectivity index (χ0v) is 13.5. The lowest BCUT2D eigenvalue weighted by Gasteiger charge is -2.21. The molecule has 0 saturated heterocycles. The number of carbonyl (C=O) groups is 1. The van der Waals surface area contributed by atoms with Crippen LogP contribution < -0.4 is 4.57 Å². The fourth-order valence-electron chi connectivity index (χ4n) is 3.53. The number of alkyl halides is 3. The topological polar surface area (TPSA) is 25.9 Å². The Morgan fingerprint density at radius 3 is 2.76 bits per heavy atom. The first-order valence-electron chi connectivity index (χ1n) is 8.05. The van der Waals surface area contributed by atoms with Crippen molar-refractivity contribution in [3.63, 3.8) is 0 Å². The second-order valence-corrected chi connectivity index (χ2v) is 6.45. The highest BCUT2D eigenvalue weighted by Crippen LogP contribution is 2.34. The van der Waals surface area contributed by atoms with Gasteiger partial charge in [-0.15, -0.1) is 0 Å². The van der Waals surface area contributed by atoms with Gasteiger partial charge < -0.3 is 4.57 Å². The van der Waals surface area contributed by atoms with Crippen LogP contribution in [0.2, 0.25) is 0 Å². The smallest absolute Gasteiger partial charge is 0.350 e. The molecule has 3 aromatic rings. The van der Waals surface area contributed by atoms with Crippen molar-refractivity contribution < 1.29 is 22.5 Å². The number of pyridine rings is 1. The maximum atomic E-state index is 13.0. The first kappa shape index (κ1) is 15.9. The molecule has 3 nitrogen and oxygen atoms in total. The molecule has 0 amide bonds. The van der Waals surface area contributed by atoms with Gasteiger partial charge in [-0.2, -0.15) is 17.7 Å². The molecule has 0 spiro atoms. The first-order valence-corrected chi connectivity index (χ1v) is 8.05. The number of aryl methyl sites for hydroxylation is 2. The molecular formula is C19H16F3N2O+. The third kappa shape index (κ3) is 2.62. The number of halogens is 3. The second kappa shape index (κ2) is 5.44. The van der Waals surface area contributed by atoms with Gasteiger partial charge in [0.1, 0.15) is 0 Å². The third-order valence-corrected chi connectivity index (χ3v) is 4.90. The van der Waals surface area contributed by atoms with E-state index in [0.717, 1.165) is 23.0 Å². The lowest BCUT2D eigenvalue weighted by molar-refractivity contribution is -0.707. The van der Waals surface area contributed by atoms with Crippen molar-refractivity contribution in [2.75, 3.05) is 0 Å². The van der Waals surface area contributed by atoms with Gasteiger partial charge in [0, 0.05) is 31.3 Å². The number of benzene rings is 1. The second-order valence-electron chi connectivity index (χ2n) is 6.45. The molecule has 6 heteroatoms. The molecule has 0 bridgehead atoms. The number of ketones is 1. The lowest BCUT2D eigenvalue weighted by Crippen LogP contribution is -2.45. The normalized spacial score (nSPS) is 17.8. The number of fused-ring (bicyclic) bond motifs is 2. The van der Waals surface area contributed by atoms with E-state index in [1.807, 2.05) is 46.9 Å². The maximum Gasteiger partial charge on any atom is 0.416 e. The lowest BCUT2D eigenvalue weighted by atomic mass is 9.85. The minimum absolute atomic E-state index is 0.187. The van der Waals surface area contributed by atoms with Gasteiger partial charge in [0.15, 0.2) is 12.4 Å². The Morgan fingerprint density at radius 2 is 2.00 bits per heavy atom. The number of Topliss-reactive ketones (excluding diaryl/α,β-unsaturated/α-hetero) is 1. The Hall–Kier alpha value is -2.63. The number of aromatic nitrogens is 2. The van der Waals surface area contributed by atoms with Crippen LogP contribution >= 0.6 is 0 Å². The molecular weight excluding hydrogens is 329 g/mol. The Bertz CT molecular complexity index is 988. The molecule has 1 unspecified atom stereocenters. The monoisotopic (exact) mass is 345 g/mol. The van der Waals surface area contributed by atoms with E-state index in [9.17, 15) is 18.0 Å². The van der Waals surface area contributed by atoms with Crippen molar-refractivity contribution in [3.05, 3.63) is 65.6 Å². The van der Waals surface area contributed by atoms with E-state index in [1.54, 1.807) is 0 Å². The van der Waals surface area contributed by atoms with E-state index in [0.29, 0.717) is 18.4 Å². The van der Waals surface area contributed by atoms with Crippen LogP contribution in [0.15, 0.2) is 48.9 Å². The molecule has 0 aliphatic heterocycles. The molecule has 0 fully saturated rings. The van der Waals surface area contributed by atoms with Crippen molar-refractivity contribution in [3.8, 4) is 0 Å². The van der Waals surface area contributed by atoms with Crippen LogP contribution in [0, 0.1) is 0 Å². The summed E-state index contributed by atoms with van der Waals surface area (Å²) in [6.07, 6.45) is 2.37. The van der Waals surface area contributed by atoms with Crippen LogP contribution in [-0.2, 0) is 19.6 Å². The van der Waals surface area contributed by atoms with Gasteiger partial charge in [-0.25, -0.2) is 0 Å². The van der Waals surface area contributed by atoms with Gasteiger partial charge in [0.05, 0.1) is 16.5 Å². The summed E-state index contributed by atoms with van der Waals surface area (Å²) in [5.41, 5.74) is 1.14. The number of nitrogens with zero attached hydrogens (tertiary/aromatic N) is 2. The van der Waals surface area contributed by atoms with E-state index in [1.165, 1.54) is 6.07 Å². The summed E-state index contributed by atoms with van der Waals surface area (Å²) in [5.74, 6) is -0.257. The molecule has 128 valence electrons. The summed E-state index contributed by atoms with van der Waals surface area (Å²) in [6.45, 7) is 0. The van der Waals surface area contributed by atoms with E-state index >= 15 is 0 Å². The van der Waals surface area contributed by atoms with Gasteiger partial charge in [0.2, 0.25) is 11.8 Å². The van der Waals surface area contributed by atoms with E-state index in [-0.39, 0.29) is 11.3 Å². The summed E-state index contributed by atoms with van der Waals surface area (Å²) < 4.78 is 42.7. The predicted molar refractivity (Wildman–Crippen MR) is 86.2 cm³/mol. The van der Waals surface area contributed by atoms with Crippen molar-refractivity contribution in [2.45, 2.75) is 25.1 Å². The van der Waals surface area contributed by atoms with Crippen molar-refractivity contribution in [1.29, 1.82) is 0 Å². The average Bonchev–Trinajstić information content (AvgIpc) is 2.95. The van der Waals surface area contributed by atoms with E-state index in [2.05, 4.69) is 0 Å². The molecule has 1 aliphatic rings. The molecule has 1 aliphatic carbocycles. The van der Waals surface area contributed by atoms with Gasteiger partial charge in [-0.05, 0) is 30.2 Å². The third-order valence-electron chi connectivity index (χ3n) is 4.90. The maximum absolute atomic E-state index is 13.0. The summed E-state index contributed by atoms with van der Waals surface area (Å²) >= 11 is 0. The quantitative estimate of drug-likeness (QED) is 0.615. The standard InChI is InChI=1S/C19H16F3N2O/c1-23-8-6-13-11-24(9-7-16(13)23)17-5-3-12-2-4-14(19(20,21)22)10-15(12)18(17)25/h2,4,6-11,17H,3,5H2,1H3/q+1. The van der Waals surface area contributed by atoms with Crippen LogP contribution in [0.4, 0.5) is 13.2 Å². The van der Waals surface area contributed by atoms with Crippen molar-refractivity contribution in [2.24, 2.45) is 7.05 Å². The average molecular weight is 345 g/mol. The van der Waals surface area contributed by atoms with Crippen LogP contribution in [0.5, 0.6) is 0 Å². The Morgan fingerprint density at radius 1 is 1.20 bits per heavy atom. The summed E-state index contributed by atoms with van der Waals surface area (Å²) in [5, 5.41) is 0.993. The number of hydrogen-bond donors (Lipinski definition) is 0. The fraction of sp³-hybridized carbons (Fsp3) is 0.263. The summed E-state index contributed by atoms with van der Waals surface area (Å²) in [6, 6.07) is 6.87. The minimum atomic E-state index is -4.45. The molecule has 0 saturated carbocycles. The van der Waals surface area contributed by atoms with Gasteiger partial charge >= 0.3 is 6.18 Å². The fourth-order valence-corrected chi connectivity index (χ4v) is 3.53. The van der Waals surface area contributed by atoms with Crippen molar-refractivity contribution in [1.82, 2.24) is 4.57 Å². The zero-order valence-electron chi connectivity index (χ0n) is 13.5. The first-order chi connectivity index (χ1) is 11.8. The Labute approximate surface area is 142 Å². The van der Waals surface area contributed by atoms with Gasteiger partial charge in [0.25, 0.3) is 0 Å². The minimum Gasteiger partial charge on any atom is -0.350 e. The highest BCUT2D eigenvalue weighted by atomic mass is 19.4. The SMILES string of the molecule is Cn1ccc2c[n+](C3CCc4ccc(C(F)(F)F)cc4C3=O)ccc21. The van der Waals surface area contributed by atoms with Gasteiger partial charge in [-0.1, -0.05) is 6.07 Å². The highest BCUT2D eigenvalue weighted by molar-refractivity contribution is 6.00. The Balaban J connectivity index is 1.74. The highest BCUT2D eigenvalue weighted by Gasteiger charge is 2.37. The van der Waals surface area contributed by atoms with Crippen LogP contribution in [0.25, 0.3) is 10.9 Å². The number of hydrogen-bond acceptors (Lipinski definition) is 1. The molecule has 0 N–H and O–H groups in total. The van der Waals surface area contributed by atoms with Crippen molar-refractivity contribution >= 4 is 16.7 Å². The van der Waals surface area contributed by atoms with Crippen LogP contribution in [0.3, 0.4) is 0 Å². The predicted octanol–water partition coefficient (Wildman–Crippen LogP) is 3.85. The molecule has 25 heavy (non-hydrogen) atoms. The molecule has 2 aromatic heterocycles.